The molecule has 0 aliphatic carbocycles. The number of carbonyl (C=O) groups excluding carboxylic acids is 2. The SMILES string of the molecule is COc1cccc(C(=O)N2CCN(CCC(=O)N3CCNCC3)CC2)c1OC. The number of ether oxygens (including phenoxy) is 2. The highest BCUT2D eigenvalue weighted by molar-refractivity contribution is 5.98. The molecular weight excluding hydrogens is 360 g/mol. The fraction of sp³-hybridized carbons (Fsp3) is 0.600. The van der Waals surface area contributed by atoms with Crippen LogP contribution in [0.25, 0.3) is 0 Å². The summed E-state index contributed by atoms with van der Waals surface area (Å²) in [5.74, 6) is 1.20. The molecule has 1 N–H and O–H groups in total. The first-order chi connectivity index (χ1) is 13.6. The summed E-state index contributed by atoms with van der Waals surface area (Å²) in [5.41, 5.74) is 0.518. The van der Waals surface area contributed by atoms with Gasteiger partial charge in [0.05, 0.1) is 19.8 Å². The number of para-hydroxylation sites is 1. The molecule has 0 spiro atoms. The lowest BCUT2D eigenvalue weighted by Gasteiger charge is -2.35. The molecule has 0 atom stereocenters. The Morgan fingerprint density at radius 2 is 1.68 bits per heavy atom. The van der Waals surface area contributed by atoms with Crippen LogP contribution in [0.1, 0.15) is 16.8 Å². The van der Waals surface area contributed by atoms with Gasteiger partial charge >= 0.3 is 0 Å². The molecular formula is C20H30N4O4. The third-order valence-corrected chi connectivity index (χ3v) is 5.40. The summed E-state index contributed by atoms with van der Waals surface area (Å²) in [6, 6.07) is 5.34. The third-order valence-electron chi connectivity index (χ3n) is 5.40. The van der Waals surface area contributed by atoms with Crippen LogP contribution in [-0.2, 0) is 4.79 Å². The molecule has 0 saturated carbocycles. The van der Waals surface area contributed by atoms with E-state index in [1.165, 1.54) is 0 Å². The second-order valence-electron chi connectivity index (χ2n) is 7.06. The van der Waals surface area contributed by atoms with Crippen LogP contribution in [0.15, 0.2) is 18.2 Å². The molecule has 2 fully saturated rings. The van der Waals surface area contributed by atoms with Crippen molar-refractivity contribution in [3.63, 3.8) is 0 Å². The van der Waals surface area contributed by atoms with Crippen molar-refractivity contribution in [2.45, 2.75) is 6.42 Å². The van der Waals surface area contributed by atoms with Gasteiger partial charge in [0, 0.05) is 65.3 Å². The average molecular weight is 390 g/mol. The van der Waals surface area contributed by atoms with E-state index in [0.29, 0.717) is 36.6 Å². The molecule has 3 rings (SSSR count). The van der Waals surface area contributed by atoms with Crippen molar-refractivity contribution < 1.29 is 19.1 Å². The summed E-state index contributed by atoms with van der Waals surface area (Å²) >= 11 is 0. The van der Waals surface area contributed by atoms with Crippen LogP contribution in [0.3, 0.4) is 0 Å². The Labute approximate surface area is 166 Å². The summed E-state index contributed by atoms with van der Waals surface area (Å²) in [6.45, 7) is 6.91. The molecule has 8 nitrogen and oxygen atoms in total. The molecule has 2 saturated heterocycles. The Morgan fingerprint density at radius 3 is 2.32 bits per heavy atom. The van der Waals surface area contributed by atoms with Gasteiger partial charge in [-0.25, -0.2) is 0 Å². The van der Waals surface area contributed by atoms with Gasteiger partial charge in [-0.3, -0.25) is 14.5 Å². The minimum absolute atomic E-state index is 0.0488. The summed E-state index contributed by atoms with van der Waals surface area (Å²) in [6.07, 6.45) is 0.539. The number of piperazine rings is 2. The van der Waals surface area contributed by atoms with Gasteiger partial charge in [0.2, 0.25) is 5.91 Å². The number of methoxy groups -OCH3 is 2. The fourth-order valence-electron chi connectivity index (χ4n) is 3.73. The summed E-state index contributed by atoms with van der Waals surface area (Å²) in [4.78, 5) is 31.3. The molecule has 8 heteroatoms. The van der Waals surface area contributed by atoms with Crippen LogP contribution in [0.4, 0.5) is 0 Å². The first-order valence-electron chi connectivity index (χ1n) is 9.85. The molecule has 2 amide bonds. The largest absolute Gasteiger partial charge is 0.493 e. The van der Waals surface area contributed by atoms with Crippen molar-refractivity contribution in [2.24, 2.45) is 0 Å². The zero-order valence-corrected chi connectivity index (χ0v) is 16.8. The predicted molar refractivity (Wildman–Crippen MR) is 106 cm³/mol. The van der Waals surface area contributed by atoms with Crippen LogP contribution >= 0.6 is 0 Å². The molecule has 0 bridgehead atoms. The lowest BCUT2D eigenvalue weighted by atomic mass is 10.1. The number of amides is 2. The van der Waals surface area contributed by atoms with E-state index in [1.807, 2.05) is 9.80 Å². The Kier molecular flexibility index (Phi) is 7.11. The van der Waals surface area contributed by atoms with E-state index < -0.39 is 0 Å². The number of nitrogens with zero attached hydrogens (tertiary/aromatic N) is 3. The van der Waals surface area contributed by atoms with E-state index in [-0.39, 0.29) is 11.8 Å². The minimum Gasteiger partial charge on any atom is -0.493 e. The van der Waals surface area contributed by atoms with Gasteiger partial charge in [-0.1, -0.05) is 6.07 Å². The highest BCUT2D eigenvalue weighted by Gasteiger charge is 2.26. The molecule has 28 heavy (non-hydrogen) atoms. The van der Waals surface area contributed by atoms with Gasteiger partial charge in [-0.05, 0) is 12.1 Å². The van der Waals surface area contributed by atoms with E-state index in [2.05, 4.69) is 10.2 Å². The highest BCUT2D eigenvalue weighted by Crippen LogP contribution is 2.31. The van der Waals surface area contributed by atoms with E-state index in [9.17, 15) is 9.59 Å². The maximum absolute atomic E-state index is 12.9. The molecule has 0 unspecified atom stereocenters. The van der Waals surface area contributed by atoms with Crippen LogP contribution in [0, 0.1) is 0 Å². The number of hydrogen-bond donors (Lipinski definition) is 1. The maximum atomic E-state index is 12.9. The summed E-state index contributed by atoms with van der Waals surface area (Å²) < 4.78 is 10.7. The number of hydrogen-bond acceptors (Lipinski definition) is 6. The van der Waals surface area contributed by atoms with Gasteiger partial charge in [0.15, 0.2) is 11.5 Å². The average Bonchev–Trinajstić information content (AvgIpc) is 2.77. The minimum atomic E-state index is -0.0488. The zero-order chi connectivity index (χ0) is 19.9. The second-order valence-corrected chi connectivity index (χ2v) is 7.06. The van der Waals surface area contributed by atoms with Gasteiger partial charge in [0.1, 0.15) is 0 Å². The number of nitrogens with one attached hydrogen (secondary N) is 1. The normalized spacial score (nSPS) is 18.1. The van der Waals surface area contributed by atoms with Gasteiger partial charge < -0.3 is 24.6 Å². The topological polar surface area (TPSA) is 74.4 Å². The molecule has 0 radical (unpaired) electrons. The second kappa shape index (κ2) is 9.75. The summed E-state index contributed by atoms with van der Waals surface area (Å²) in [7, 11) is 3.11. The first kappa shape index (κ1) is 20.4. The van der Waals surface area contributed by atoms with E-state index in [1.54, 1.807) is 32.4 Å². The Balaban J connectivity index is 1.50. The lowest BCUT2D eigenvalue weighted by molar-refractivity contribution is -0.132. The predicted octanol–water partition coefficient (Wildman–Crippen LogP) is 0.284. The standard InChI is InChI=1S/C20H30N4O4/c1-27-17-5-3-4-16(19(17)28-2)20(26)24-14-12-22(13-15-24)9-6-18(25)23-10-7-21-8-11-23/h3-5,21H,6-15H2,1-2H3. The van der Waals surface area contributed by atoms with E-state index in [0.717, 1.165) is 45.8 Å². The first-order valence-corrected chi connectivity index (χ1v) is 9.85. The number of benzene rings is 1. The smallest absolute Gasteiger partial charge is 0.257 e. The summed E-state index contributed by atoms with van der Waals surface area (Å²) in [5, 5.41) is 3.26. The van der Waals surface area contributed by atoms with Crippen LogP contribution < -0.4 is 14.8 Å². The molecule has 2 heterocycles. The van der Waals surface area contributed by atoms with Crippen molar-refractivity contribution in [2.75, 3.05) is 73.1 Å². The number of rotatable bonds is 6. The van der Waals surface area contributed by atoms with E-state index in [4.69, 9.17) is 9.47 Å². The monoisotopic (exact) mass is 390 g/mol. The van der Waals surface area contributed by atoms with Gasteiger partial charge in [-0.2, -0.15) is 0 Å². The van der Waals surface area contributed by atoms with Crippen molar-refractivity contribution in [3.8, 4) is 11.5 Å². The van der Waals surface area contributed by atoms with Crippen LogP contribution in [0.2, 0.25) is 0 Å². The Hall–Kier alpha value is -2.32. The van der Waals surface area contributed by atoms with Gasteiger partial charge in [-0.15, -0.1) is 0 Å². The molecule has 2 aliphatic rings. The molecule has 1 aromatic carbocycles. The molecule has 2 aliphatic heterocycles. The van der Waals surface area contributed by atoms with Crippen molar-refractivity contribution >= 4 is 11.8 Å². The fourth-order valence-corrected chi connectivity index (χ4v) is 3.73. The third kappa shape index (κ3) is 4.74. The molecule has 154 valence electrons. The Morgan fingerprint density at radius 1 is 0.964 bits per heavy atom. The van der Waals surface area contributed by atoms with Crippen LogP contribution in [0.5, 0.6) is 11.5 Å². The maximum Gasteiger partial charge on any atom is 0.257 e. The van der Waals surface area contributed by atoms with Crippen molar-refractivity contribution in [1.29, 1.82) is 0 Å². The number of carbonyl (C=O) groups is 2. The van der Waals surface area contributed by atoms with E-state index >= 15 is 0 Å². The lowest BCUT2D eigenvalue weighted by Crippen LogP contribution is -2.50. The highest BCUT2D eigenvalue weighted by atomic mass is 16.5. The Bertz CT molecular complexity index is 683. The zero-order valence-electron chi connectivity index (χ0n) is 16.8. The van der Waals surface area contributed by atoms with Gasteiger partial charge in [0.25, 0.3) is 5.91 Å². The van der Waals surface area contributed by atoms with Crippen molar-refractivity contribution in [3.05, 3.63) is 23.8 Å². The van der Waals surface area contributed by atoms with Crippen LogP contribution in [-0.4, -0.2) is 99.6 Å². The quantitative estimate of drug-likeness (QED) is 0.752. The van der Waals surface area contributed by atoms with Crippen molar-refractivity contribution in [1.82, 2.24) is 20.0 Å². The molecule has 1 aromatic rings. The molecule has 0 aromatic heterocycles.